The van der Waals surface area contributed by atoms with Crippen molar-refractivity contribution in [3.63, 3.8) is 0 Å². The summed E-state index contributed by atoms with van der Waals surface area (Å²) in [6, 6.07) is 5.42. The maximum Gasteiger partial charge on any atom is 0.435 e. The number of aromatic nitrogens is 2. The van der Waals surface area contributed by atoms with E-state index < -0.39 is 11.9 Å². The number of amides is 1. The Kier molecular flexibility index (Phi) is 4.80. The summed E-state index contributed by atoms with van der Waals surface area (Å²) in [4.78, 5) is 12.1. The number of nitrogens with one attached hydrogen (secondary N) is 1. The van der Waals surface area contributed by atoms with Crippen LogP contribution in [0.15, 0.2) is 18.2 Å². The first-order valence-electron chi connectivity index (χ1n) is 8.05. The van der Waals surface area contributed by atoms with Gasteiger partial charge in [0, 0.05) is 19.0 Å². The number of fused-ring (bicyclic) bond motifs is 1. The minimum atomic E-state index is -4.56. The predicted molar refractivity (Wildman–Crippen MR) is 87.3 cm³/mol. The van der Waals surface area contributed by atoms with Crippen molar-refractivity contribution < 1.29 is 27.4 Å². The summed E-state index contributed by atoms with van der Waals surface area (Å²) < 4.78 is 50.6. The van der Waals surface area contributed by atoms with Crippen LogP contribution in [0.25, 0.3) is 0 Å². The molecule has 0 radical (unpaired) electrons. The molecule has 2 aromatic rings. The van der Waals surface area contributed by atoms with Crippen molar-refractivity contribution in [2.75, 3.05) is 18.5 Å². The van der Waals surface area contributed by atoms with Crippen molar-refractivity contribution >= 4 is 11.7 Å². The molecule has 1 aromatic heterocycles. The maximum atomic E-state index is 12.9. The van der Waals surface area contributed by atoms with Gasteiger partial charge < -0.3 is 14.8 Å². The van der Waals surface area contributed by atoms with Gasteiger partial charge in [0.05, 0.1) is 0 Å². The van der Waals surface area contributed by atoms with Crippen LogP contribution < -0.4 is 14.8 Å². The van der Waals surface area contributed by atoms with Gasteiger partial charge in [-0.25, -0.2) is 0 Å². The normalized spacial score (nSPS) is 13.6. The minimum absolute atomic E-state index is 0.0458. The summed E-state index contributed by atoms with van der Waals surface area (Å²) in [6.07, 6.45) is -4.02. The molecule has 1 aromatic carbocycles. The van der Waals surface area contributed by atoms with Crippen molar-refractivity contribution in [3.05, 3.63) is 35.0 Å². The zero-order chi connectivity index (χ0) is 18.9. The van der Waals surface area contributed by atoms with Crippen LogP contribution in [-0.4, -0.2) is 28.9 Å². The fourth-order valence-corrected chi connectivity index (χ4v) is 2.77. The second kappa shape index (κ2) is 6.89. The molecule has 1 N–H and O–H groups in total. The maximum absolute atomic E-state index is 12.9. The molecule has 0 unspecified atom stereocenters. The molecule has 1 amide bonds. The lowest BCUT2D eigenvalue weighted by Gasteiger charge is -2.18. The molecular formula is C17H18F3N3O3. The fourth-order valence-electron chi connectivity index (χ4n) is 2.77. The predicted octanol–water partition coefficient (Wildman–Crippen LogP) is 3.09. The second-order valence-corrected chi connectivity index (χ2v) is 5.97. The Labute approximate surface area is 147 Å². The summed E-state index contributed by atoms with van der Waals surface area (Å²) >= 11 is 0. The van der Waals surface area contributed by atoms with Crippen LogP contribution in [0.3, 0.4) is 0 Å². The van der Waals surface area contributed by atoms with Gasteiger partial charge in [-0.05, 0) is 31.0 Å². The van der Waals surface area contributed by atoms with E-state index in [-0.39, 0.29) is 23.7 Å². The SMILES string of the molecule is Cc1c(C(F)(F)F)nn(C)c1NC(=O)CCc1ccc2c(c1)OCCO2. The average Bonchev–Trinajstić information content (AvgIpc) is 2.88. The Morgan fingerprint density at radius 2 is 1.96 bits per heavy atom. The molecular weight excluding hydrogens is 351 g/mol. The van der Waals surface area contributed by atoms with Gasteiger partial charge in [-0.3, -0.25) is 9.48 Å². The smallest absolute Gasteiger partial charge is 0.435 e. The highest BCUT2D eigenvalue weighted by atomic mass is 19.4. The number of anilines is 1. The molecule has 140 valence electrons. The van der Waals surface area contributed by atoms with E-state index in [9.17, 15) is 18.0 Å². The minimum Gasteiger partial charge on any atom is -0.486 e. The Hall–Kier alpha value is -2.71. The van der Waals surface area contributed by atoms with Gasteiger partial charge in [-0.15, -0.1) is 0 Å². The molecule has 1 aliphatic heterocycles. The van der Waals surface area contributed by atoms with Crippen LogP contribution in [0.2, 0.25) is 0 Å². The number of ether oxygens (including phenoxy) is 2. The zero-order valence-corrected chi connectivity index (χ0v) is 14.3. The Bertz CT molecular complexity index is 831. The van der Waals surface area contributed by atoms with Crippen molar-refractivity contribution in [1.29, 1.82) is 0 Å². The number of halogens is 3. The van der Waals surface area contributed by atoms with E-state index >= 15 is 0 Å². The van der Waals surface area contributed by atoms with Crippen molar-refractivity contribution in [2.24, 2.45) is 7.05 Å². The van der Waals surface area contributed by atoms with E-state index in [1.165, 1.54) is 14.0 Å². The lowest BCUT2D eigenvalue weighted by molar-refractivity contribution is -0.141. The molecule has 0 bridgehead atoms. The van der Waals surface area contributed by atoms with Crippen molar-refractivity contribution in [2.45, 2.75) is 25.9 Å². The zero-order valence-electron chi connectivity index (χ0n) is 14.3. The molecule has 0 fully saturated rings. The van der Waals surface area contributed by atoms with E-state index in [4.69, 9.17) is 9.47 Å². The number of carbonyl (C=O) groups is 1. The molecule has 0 atom stereocenters. The molecule has 0 spiro atoms. The average molecular weight is 369 g/mol. The number of nitrogens with zero attached hydrogens (tertiary/aromatic N) is 2. The van der Waals surface area contributed by atoms with E-state index in [0.717, 1.165) is 10.2 Å². The van der Waals surface area contributed by atoms with Gasteiger partial charge in [0.2, 0.25) is 5.91 Å². The number of hydrogen-bond donors (Lipinski definition) is 1. The third-order valence-electron chi connectivity index (χ3n) is 4.06. The van der Waals surface area contributed by atoms with E-state index in [0.29, 0.717) is 31.1 Å². The number of alkyl halides is 3. The third-order valence-corrected chi connectivity index (χ3v) is 4.06. The number of rotatable bonds is 4. The Morgan fingerprint density at radius 3 is 2.62 bits per heavy atom. The highest BCUT2D eigenvalue weighted by Crippen LogP contribution is 2.34. The van der Waals surface area contributed by atoms with Crippen molar-refractivity contribution in [3.8, 4) is 11.5 Å². The van der Waals surface area contributed by atoms with Gasteiger partial charge in [0.25, 0.3) is 0 Å². The first kappa shape index (κ1) is 18.1. The highest BCUT2D eigenvalue weighted by molar-refractivity contribution is 5.90. The van der Waals surface area contributed by atoms with E-state index in [1.54, 1.807) is 12.1 Å². The number of benzene rings is 1. The molecule has 3 rings (SSSR count). The largest absolute Gasteiger partial charge is 0.486 e. The summed E-state index contributed by atoms with van der Waals surface area (Å²) in [7, 11) is 1.36. The van der Waals surface area contributed by atoms with Crippen LogP contribution in [0, 0.1) is 6.92 Å². The quantitative estimate of drug-likeness (QED) is 0.900. The highest BCUT2D eigenvalue weighted by Gasteiger charge is 2.37. The van der Waals surface area contributed by atoms with Gasteiger partial charge in [0.15, 0.2) is 17.2 Å². The first-order valence-corrected chi connectivity index (χ1v) is 8.05. The van der Waals surface area contributed by atoms with Crippen LogP contribution in [0.1, 0.15) is 23.2 Å². The van der Waals surface area contributed by atoms with Crippen LogP contribution in [0.5, 0.6) is 11.5 Å². The van der Waals surface area contributed by atoms with Gasteiger partial charge >= 0.3 is 6.18 Å². The first-order chi connectivity index (χ1) is 12.3. The monoisotopic (exact) mass is 369 g/mol. The summed E-state index contributed by atoms with van der Waals surface area (Å²) in [5.41, 5.74) is -0.225. The topological polar surface area (TPSA) is 65.4 Å². The van der Waals surface area contributed by atoms with Gasteiger partial charge in [0.1, 0.15) is 19.0 Å². The lowest BCUT2D eigenvalue weighted by atomic mass is 10.1. The molecule has 9 heteroatoms. The van der Waals surface area contributed by atoms with Crippen molar-refractivity contribution in [1.82, 2.24) is 9.78 Å². The standard InChI is InChI=1S/C17H18F3N3O3/c1-10-15(17(18,19)20)22-23(2)16(10)21-14(24)6-4-11-3-5-12-13(9-11)26-8-7-25-12/h3,5,9H,4,6-8H2,1-2H3,(H,21,24). The second-order valence-electron chi connectivity index (χ2n) is 5.97. The summed E-state index contributed by atoms with van der Waals surface area (Å²) in [6.45, 7) is 2.25. The molecule has 0 saturated carbocycles. The third kappa shape index (κ3) is 3.76. The van der Waals surface area contributed by atoms with Crippen LogP contribution in [-0.2, 0) is 24.4 Å². The molecule has 0 saturated heterocycles. The molecule has 2 heterocycles. The lowest BCUT2D eigenvalue weighted by Crippen LogP contribution is -2.16. The van der Waals surface area contributed by atoms with Gasteiger partial charge in [-0.2, -0.15) is 18.3 Å². The summed E-state index contributed by atoms with van der Waals surface area (Å²) in [5, 5.41) is 5.96. The fraction of sp³-hybridized carbons (Fsp3) is 0.412. The van der Waals surface area contributed by atoms with Crippen LogP contribution >= 0.6 is 0 Å². The van der Waals surface area contributed by atoms with E-state index in [1.807, 2.05) is 6.07 Å². The number of carbonyl (C=O) groups excluding carboxylic acids is 1. The Balaban J connectivity index is 1.64. The van der Waals surface area contributed by atoms with E-state index in [2.05, 4.69) is 10.4 Å². The molecule has 6 nitrogen and oxygen atoms in total. The van der Waals surface area contributed by atoms with Gasteiger partial charge in [-0.1, -0.05) is 6.07 Å². The Morgan fingerprint density at radius 1 is 1.27 bits per heavy atom. The molecule has 0 aliphatic carbocycles. The molecule has 1 aliphatic rings. The summed E-state index contributed by atoms with van der Waals surface area (Å²) in [5.74, 6) is 0.949. The molecule has 26 heavy (non-hydrogen) atoms. The number of aryl methyl sites for hydroxylation is 2. The van der Waals surface area contributed by atoms with Crippen LogP contribution in [0.4, 0.5) is 19.0 Å². The number of hydrogen-bond acceptors (Lipinski definition) is 4.